The van der Waals surface area contributed by atoms with Gasteiger partial charge in [0, 0.05) is 5.57 Å². The van der Waals surface area contributed by atoms with Gasteiger partial charge in [-0.2, -0.15) is 36.8 Å². The van der Waals surface area contributed by atoms with Gasteiger partial charge in [-0.3, -0.25) is 4.99 Å². The maximum atomic E-state index is 13.6. The summed E-state index contributed by atoms with van der Waals surface area (Å²) in [6.45, 7) is 15.5. The van der Waals surface area contributed by atoms with E-state index in [4.69, 9.17) is 28.9 Å². The lowest BCUT2D eigenvalue weighted by Crippen LogP contribution is -2.30. The van der Waals surface area contributed by atoms with Crippen LogP contribution in [0.25, 0.3) is 32.2 Å². The van der Waals surface area contributed by atoms with Crippen molar-refractivity contribution < 1.29 is 17.6 Å². The third-order valence-electron chi connectivity index (χ3n) is 6.57. The number of nitrogens with zero attached hydrogens (tertiary/aromatic N) is 15. The molecule has 0 fully saturated rings. The molecule has 0 spiro atoms. The standard InChI is InChI=1S/C18H2N12.C12H3F4N3/c1-23-17-9(5-21)27-13-11-12(26-8(4-20)7(3-19)25-11)14-16(15(13)29-17)30-18(24-2)10(6-22)28-14;1-5(2-17)7-9(13)11(15)8(6(3-18)4-19)12(16)10(7)14/h13,15H;1H3. The zero-order valence-corrected chi connectivity index (χ0v) is 23.9. The average molecular weight is 651 g/mol. The van der Waals surface area contributed by atoms with Crippen LogP contribution < -0.4 is 10.4 Å². The van der Waals surface area contributed by atoms with E-state index in [1.54, 1.807) is 24.3 Å². The van der Waals surface area contributed by atoms with Gasteiger partial charge in [0.15, 0.2) is 46.1 Å². The zero-order chi connectivity index (χ0) is 36.2. The Kier molecular flexibility index (Phi) is 9.09. The topological polar surface area (TPSA) is 252 Å². The van der Waals surface area contributed by atoms with E-state index in [-0.39, 0.29) is 57.2 Å². The molecule has 1 aromatic carbocycles. The van der Waals surface area contributed by atoms with Crippen LogP contribution in [-0.2, 0) is 0 Å². The van der Waals surface area contributed by atoms with E-state index in [1.165, 1.54) is 6.07 Å². The first-order chi connectivity index (χ1) is 23.5. The van der Waals surface area contributed by atoms with E-state index in [1.807, 2.05) is 0 Å². The first kappa shape index (κ1) is 33.5. The van der Waals surface area contributed by atoms with Crippen LogP contribution in [0.1, 0.15) is 47.5 Å². The molecular formula is C30H5F4N15. The van der Waals surface area contributed by atoms with E-state index >= 15 is 0 Å². The molecule has 5 rings (SSSR count). The largest absolute Gasteiger partial charge is 0.359 e. The second kappa shape index (κ2) is 13.3. The molecule has 2 aliphatic rings. The molecule has 0 N–H and O–H groups in total. The Morgan fingerprint density at radius 1 is 0.612 bits per heavy atom. The third kappa shape index (κ3) is 5.42. The number of halogens is 4. The molecule has 0 saturated carbocycles. The maximum absolute atomic E-state index is 13.6. The van der Waals surface area contributed by atoms with Gasteiger partial charge in [0.1, 0.15) is 59.4 Å². The van der Waals surface area contributed by atoms with Crippen LogP contribution in [0.15, 0.2) is 9.98 Å². The molecule has 0 bridgehead atoms. The lowest BCUT2D eigenvalue weighted by Gasteiger charge is -2.26. The van der Waals surface area contributed by atoms with Crippen LogP contribution in [0.2, 0.25) is 0 Å². The van der Waals surface area contributed by atoms with Crippen molar-refractivity contribution in [1.29, 1.82) is 36.8 Å². The summed E-state index contributed by atoms with van der Waals surface area (Å²) in [5, 5.41) is 60.2. The van der Waals surface area contributed by atoms with E-state index in [9.17, 15) is 38.6 Å². The van der Waals surface area contributed by atoms with E-state index in [2.05, 4.69) is 39.6 Å². The molecule has 2 aromatic heterocycles. The van der Waals surface area contributed by atoms with Gasteiger partial charge < -0.3 is 9.69 Å². The minimum Gasteiger partial charge on any atom is -0.359 e. The number of hydrogen-bond acceptors (Lipinski definition) is 13. The van der Waals surface area contributed by atoms with Crippen LogP contribution in [0.5, 0.6) is 0 Å². The number of hydrogen-bond donors (Lipinski definition) is 0. The quantitative estimate of drug-likeness (QED) is 0.194. The molecule has 15 nitrogen and oxygen atoms in total. The SMILES string of the molecule is CC(C#N)=c1c(F)c(F)c(=C(C#N)C#N)c(F)c1F.[C-]#[N+]C1=NC2c3nc([N+]#[C-])c(C#N)nc3-c3nc(C#N)c(C#N)nc3C2N=C1C#N. The average Bonchev–Trinajstić information content (AvgIpc) is 3.14. The van der Waals surface area contributed by atoms with Gasteiger partial charge >= 0.3 is 11.7 Å². The summed E-state index contributed by atoms with van der Waals surface area (Å²) < 4.78 is 54.4. The highest BCUT2D eigenvalue weighted by Gasteiger charge is 2.47. The number of rotatable bonds is 0. The summed E-state index contributed by atoms with van der Waals surface area (Å²) >= 11 is 0. The Balaban J connectivity index is 0.000000246. The highest BCUT2D eigenvalue weighted by molar-refractivity contribution is 6.51. The normalized spacial score (nSPS) is 14.3. The number of benzene rings is 1. The summed E-state index contributed by atoms with van der Waals surface area (Å²) in [6.07, 6.45) is 0. The van der Waals surface area contributed by atoms with Crippen LogP contribution in [0, 0.1) is 116 Å². The first-order valence-electron chi connectivity index (χ1n) is 12.6. The van der Waals surface area contributed by atoms with Crippen LogP contribution in [-0.4, -0.2) is 31.5 Å². The molecule has 3 heterocycles. The van der Waals surface area contributed by atoms with Gasteiger partial charge in [-0.15, -0.1) is 9.98 Å². The molecule has 0 amide bonds. The van der Waals surface area contributed by atoms with Crippen LogP contribution >= 0.6 is 0 Å². The molecular weight excluding hydrogens is 646 g/mol. The van der Waals surface area contributed by atoms with Crippen LogP contribution in [0.3, 0.4) is 0 Å². The number of amidine groups is 1. The summed E-state index contributed by atoms with van der Waals surface area (Å²) in [4.78, 5) is 31.6. The van der Waals surface area contributed by atoms with Gasteiger partial charge in [0.2, 0.25) is 11.7 Å². The Hall–Kier alpha value is -8.41. The van der Waals surface area contributed by atoms with Crippen molar-refractivity contribution in [2.24, 2.45) is 9.98 Å². The van der Waals surface area contributed by atoms with E-state index < -0.39 is 56.9 Å². The summed E-state index contributed by atoms with van der Waals surface area (Å²) in [5.74, 6) is -7.93. The number of aliphatic imine (C=N–C) groups is 2. The minimum absolute atomic E-state index is 0.0461. The Labute approximate surface area is 270 Å². The molecule has 49 heavy (non-hydrogen) atoms. The maximum Gasteiger partial charge on any atom is 0.306 e. The number of nitriles is 7. The molecule has 2 atom stereocenters. The van der Waals surface area contributed by atoms with E-state index in [0.717, 1.165) is 19.1 Å². The van der Waals surface area contributed by atoms with Gasteiger partial charge in [-0.25, -0.2) is 32.5 Å². The van der Waals surface area contributed by atoms with Crippen molar-refractivity contribution in [3.8, 4) is 53.9 Å². The van der Waals surface area contributed by atoms with Crippen molar-refractivity contribution in [2.75, 3.05) is 0 Å². The molecule has 1 aliphatic carbocycles. The third-order valence-corrected chi connectivity index (χ3v) is 6.57. The van der Waals surface area contributed by atoms with Gasteiger partial charge in [-0.1, -0.05) is 13.1 Å². The minimum atomic E-state index is -1.89. The fraction of sp³-hybridized carbons (Fsp3) is 0.100. The molecule has 0 saturated heterocycles. The predicted molar refractivity (Wildman–Crippen MR) is 151 cm³/mol. The molecule has 1 aliphatic heterocycles. The number of fused-ring (bicyclic) bond motifs is 6. The summed E-state index contributed by atoms with van der Waals surface area (Å²) in [6, 6.07) is 8.82. The molecule has 228 valence electrons. The molecule has 3 aromatic rings. The second-order valence-electron chi connectivity index (χ2n) is 9.12. The molecule has 2 unspecified atom stereocenters. The molecule has 19 heteroatoms. The van der Waals surface area contributed by atoms with Crippen molar-refractivity contribution in [2.45, 2.75) is 19.0 Å². The van der Waals surface area contributed by atoms with Gasteiger partial charge in [0.25, 0.3) is 0 Å². The summed E-state index contributed by atoms with van der Waals surface area (Å²) in [7, 11) is 0. The lowest BCUT2D eigenvalue weighted by molar-refractivity contribution is 0.434. The zero-order valence-electron chi connectivity index (χ0n) is 23.9. The van der Waals surface area contributed by atoms with Crippen molar-refractivity contribution >= 4 is 28.5 Å². The van der Waals surface area contributed by atoms with Crippen molar-refractivity contribution in [1.82, 2.24) is 19.9 Å². The summed E-state index contributed by atoms with van der Waals surface area (Å²) in [5.41, 5.74) is -2.36. The fourth-order valence-corrected chi connectivity index (χ4v) is 4.44. The Morgan fingerprint density at radius 2 is 1.10 bits per heavy atom. The van der Waals surface area contributed by atoms with Crippen molar-refractivity contribution in [3.05, 3.63) is 85.0 Å². The predicted octanol–water partition coefficient (Wildman–Crippen LogP) is 2.63. The van der Waals surface area contributed by atoms with Gasteiger partial charge in [0.05, 0.1) is 22.2 Å². The first-order valence-corrected chi connectivity index (χ1v) is 12.6. The smallest absolute Gasteiger partial charge is 0.306 e. The Morgan fingerprint density at radius 3 is 1.57 bits per heavy atom. The highest BCUT2D eigenvalue weighted by atomic mass is 19.2. The fourth-order valence-electron chi connectivity index (χ4n) is 4.44. The van der Waals surface area contributed by atoms with Gasteiger partial charge in [-0.05, 0) is 6.92 Å². The van der Waals surface area contributed by atoms with Crippen molar-refractivity contribution in [3.63, 3.8) is 0 Å². The van der Waals surface area contributed by atoms with E-state index in [0.29, 0.717) is 0 Å². The second-order valence-corrected chi connectivity index (χ2v) is 9.12. The van der Waals surface area contributed by atoms with Crippen LogP contribution in [0.4, 0.5) is 23.4 Å². The lowest BCUT2D eigenvalue weighted by atomic mass is 9.89. The Bertz CT molecular complexity index is 2470. The highest BCUT2D eigenvalue weighted by Crippen LogP contribution is 2.47. The monoisotopic (exact) mass is 651 g/mol. The number of aromatic nitrogens is 4. The molecule has 0 radical (unpaired) electrons.